The molecule has 2 aromatic rings. The summed E-state index contributed by atoms with van der Waals surface area (Å²) in [5, 5.41) is 13.1. The van der Waals surface area contributed by atoms with Crippen molar-refractivity contribution in [1.82, 2.24) is 25.0 Å². The molecule has 5 rings (SSSR count). The number of hydrogen-bond donors (Lipinski definition) is 1. The van der Waals surface area contributed by atoms with E-state index >= 15 is 0 Å². The molecule has 3 fully saturated rings. The minimum Gasteiger partial charge on any atom is -0.352 e. The number of thioether (sulfide) groups is 1. The zero-order valence-electron chi connectivity index (χ0n) is 20.7. The van der Waals surface area contributed by atoms with Crippen LogP contribution in [-0.2, 0) is 17.9 Å². The first-order valence-corrected chi connectivity index (χ1v) is 14.1. The minimum absolute atomic E-state index is 0.118. The molecule has 1 saturated heterocycles. The van der Waals surface area contributed by atoms with Crippen molar-refractivity contribution < 1.29 is 4.79 Å². The monoisotopic (exact) mass is 481 g/mol. The molecule has 0 unspecified atom stereocenters. The fourth-order valence-electron chi connectivity index (χ4n) is 6.33. The van der Waals surface area contributed by atoms with E-state index in [1.807, 2.05) is 13.0 Å². The number of piperidine rings is 1. The average molecular weight is 482 g/mol. The van der Waals surface area contributed by atoms with Gasteiger partial charge in [-0.15, -0.1) is 10.2 Å². The lowest BCUT2D eigenvalue weighted by molar-refractivity contribution is -0.121. The number of nitrogens with zero attached hydrogens (tertiary/aromatic N) is 4. The molecule has 184 valence electrons. The Labute approximate surface area is 208 Å². The Balaban J connectivity index is 1.26. The fourth-order valence-corrected chi connectivity index (χ4v) is 7.21. The van der Waals surface area contributed by atoms with E-state index in [2.05, 4.69) is 56.2 Å². The number of carbonyl (C=O) groups is 1. The standard InChI is InChI=1S/C27H39N5OS/c1-19(24-16-22-11-12-23(24)15-22)28-26(33)20(2)34-27-30-29-25(18-31-13-7-4-8-14-31)32(27)17-21-9-5-3-6-10-21/h3,5-6,9-10,19-20,22-24H,4,7-8,11-18H2,1-2H3,(H,28,33)/t19-,20-,22-,23-,24+/m1/s1. The van der Waals surface area contributed by atoms with E-state index < -0.39 is 0 Å². The normalized spacial score (nSPS) is 26.5. The maximum Gasteiger partial charge on any atom is 0.233 e. The molecule has 34 heavy (non-hydrogen) atoms. The molecule has 5 atom stereocenters. The second kappa shape index (κ2) is 10.8. The van der Waals surface area contributed by atoms with Gasteiger partial charge in [0.25, 0.3) is 0 Å². The summed E-state index contributed by atoms with van der Waals surface area (Å²) >= 11 is 1.54. The van der Waals surface area contributed by atoms with Crippen LogP contribution in [0.15, 0.2) is 35.5 Å². The highest BCUT2D eigenvalue weighted by atomic mass is 32.2. The average Bonchev–Trinajstić information content (AvgIpc) is 3.58. The molecule has 1 aromatic heterocycles. The van der Waals surface area contributed by atoms with Crippen LogP contribution < -0.4 is 5.32 Å². The Morgan fingerprint density at radius 3 is 2.56 bits per heavy atom. The maximum atomic E-state index is 13.1. The van der Waals surface area contributed by atoms with Gasteiger partial charge in [-0.3, -0.25) is 9.69 Å². The van der Waals surface area contributed by atoms with E-state index in [9.17, 15) is 4.79 Å². The van der Waals surface area contributed by atoms with Crippen molar-refractivity contribution in [2.45, 2.75) is 88.3 Å². The van der Waals surface area contributed by atoms with Gasteiger partial charge in [-0.25, -0.2) is 0 Å². The van der Waals surface area contributed by atoms with Crippen molar-refractivity contribution in [3.63, 3.8) is 0 Å². The van der Waals surface area contributed by atoms with Gasteiger partial charge in [0.1, 0.15) is 5.82 Å². The highest BCUT2D eigenvalue weighted by Gasteiger charge is 2.42. The van der Waals surface area contributed by atoms with E-state index in [0.717, 1.165) is 49.0 Å². The topological polar surface area (TPSA) is 63.1 Å². The number of benzene rings is 1. The van der Waals surface area contributed by atoms with Crippen molar-refractivity contribution >= 4 is 17.7 Å². The highest BCUT2D eigenvalue weighted by Crippen LogP contribution is 2.49. The van der Waals surface area contributed by atoms with Crippen molar-refractivity contribution in [3.8, 4) is 0 Å². The van der Waals surface area contributed by atoms with Gasteiger partial charge in [-0.2, -0.15) is 0 Å². The Bertz CT molecular complexity index is 957. The Morgan fingerprint density at radius 1 is 1.06 bits per heavy atom. The zero-order chi connectivity index (χ0) is 23.5. The summed E-state index contributed by atoms with van der Waals surface area (Å²) in [6.07, 6.45) is 9.24. The van der Waals surface area contributed by atoms with Crippen molar-refractivity contribution in [1.29, 1.82) is 0 Å². The molecular weight excluding hydrogens is 442 g/mol. The largest absolute Gasteiger partial charge is 0.352 e. The van der Waals surface area contributed by atoms with Crippen molar-refractivity contribution in [2.24, 2.45) is 17.8 Å². The fraction of sp³-hybridized carbons (Fsp3) is 0.667. The van der Waals surface area contributed by atoms with Gasteiger partial charge in [0.2, 0.25) is 5.91 Å². The number of aromatic nitrogens is 3. The Kier molecular flexibility index (Phi) is 7.59. The molecule has 2 aliphatic carbocycles. The number of carbonyl (C=O) groups excluding carboxylic acids is 1. The summed E-state index contributed by atoms with van der Waals surface area (Å²) in [4.78, 5) is 15.6. The van der Waals surface area contributed by atoms with Crippen LogP contribution in [-0.4, -0.2) is 50.0 Å². The molecule has 3 aliphatic rings. The van der Waals surface area contributed by atoms with Crippen LogP contribution in [0.5, 0.6) is 0 Å². The number of likely N-dealkylation sites (tertiary alicyclic amines) is 1. The van der Waals surface area contributed by atoms with Gasteiger partial charge in [0.05, 0.1) is 18.3 Å². The molecule has 2 heterocycles. The third-order valence-electron chi connectivity index (χ3n) is 8.25. The molecule has 1 aromatic carbocycles. The summed E-state index contributed by atoms with van der Waals surface area (Å²) in [5.74, 6) is 3.48. The number of rotatable bonds is 9. The predicted octanol–water partition coefficient (Wildman–Crippen LogP) is 4.73. The van der Waals surface area contributed by atoms with Gasteiger partial charge in [-0.1, -0.05) is 54.9 Å². The van der Waals surface area contributed by atoms with Gasteiger partial charge < -0.3 is 9.88 Å². The first-order chi connectivity index (χ1) is 16.6. The quantitative estimate of drug-likeness (QED) is 0.525. The lowest BCUT2D eigenvalue weighted by atomic mass is 9.84. The Morgan fingerprint density at radius 2 is 1.85 bits per heavy atom. The summed E-state index contributed by atoms with van der Waals surface area (Å²) in [6.45, 7) is 8.01. The molecule has 1 amide bonds. The second-order valence-electron chi connectivity index (χ2n) is 10.7. The van der Waals surface area contributed by atoms with E-state index in [-0.39, 0.29) is 17.2 Å². The van der Waals surface area contributed by atoms with Crippen molar-refractivity contribution in [3.05, 3.63) is 41.7 Å². The van der Waals surface area contributed by atoms with Crippen LogP contribution in [0.3, 0.4) is 0 Å². The van der Waals surface area contributed by atoms with E-state index in [0.29, 0.717) is 5.92 Å². The second-order valence-corrected chi connectivity index (χ2v) is 12.0. The van der Waals surface area contributed by atoms with Gasteiger partial charge in [0, 0.05) is 6.04 Å². The molecule has 1 N–H and O–H groups in total. The molecular formula is C27H39N5OS. The van der Waals surface area contributed by atoms with Gasteiger partial charge in [-0.05, 0) is 82.4 Å². The van der Waals surface area contributed by atoms with E-state index in [1.165, 1.54) is 62.3 Å². The van der Waals surface area contributed by atoms with Crippen LogP contribution in [0.1, 0.15) is 70.2 Å². The number of amides is 1. The van der Waals surface area contributed by atoms with E-state index in [1.54, 1.807) is 0 Å². The van der Waals surface area contributed by atoms with Gasteiger partial charge >= 0.3 is 0 Å². The van der Waals surface area contributed by atoms with Crippen LogP contribution in [0.2, 0.25) is 0 Å². The number of nitrogens with one attached hydrogen (secondary N) is 1. The molecule has 2 saturated carbocycles. The molecule has 7 heteroatoms. The molecule has 2 bridgehead atoms. The van der Waals surface area contributed by atoms with Crippen LogP contribution in [0.4, 0.5) is 0 Å². The maximum absolute atomic E-state index is 13.1. The smallest absolute Gasteiger partial charge is 0.233 e. The summed E-state index contributed by atoms with van der Waals surface area (Å²) < 4.78 is 2.22. The summed E-state index contributed by atoms with van der Waals surface area (Å²) in [7, 11) is 0. The number of hydrogen-bond acceptors (Lipinski definition) is 5. The molecule has 0 spiro atoms. The Hall–Kier alpha value is -1.86. The van der Waals surface area contributed by atoms with E-state index in [4.69, 9.17) is 0 Å². The number of fused-ring (bicyclic) bond motifs is 2. The first kappa shape index (κ1) is 23.9. The molecule has 6 nitrogen and oxygen atoms in total. The predicted molar refractivity (Wildman–Crippen MR) is 137 cm³/mol. The van der Waals surface area contributed by atoms with Crippen LogP contribution in [0, 0.1) is 17.8 Å². The SMILES string of the molecule is C[C@@H](Sc1nnc(CN2CCCCC2)n1Cc1ccccc1)C(=O)N[C@H](C)[C@@H]1C[C@@H]2CC[C@@H]1C2. The summed E-state index contributed by atoms with van der Waals surface area (Å²) in [6, 6.07) is 10.7. The lowest BCUT2D eigenvalue weighted by Gasteiger charge is -2.29. The molecule has 1 aliphatic heterocycles. The molecule has 0 radical (unpaired) electrons. The van der Waals surface area contributed by atoms with Crippen molar-refractivity contribution in [2.75, 3.05) is 13.1 Å². The third kappa shape index (κ3) is 5.51. The van der Waals surface area contributed by atoms with Gasteiger partial charge in [0.15, 0.2) is 5.16 Å². The first-order valence-electron chi connectivity index (χ1n) is 13.2. The summed E-state index contributed by atoms with van der Waals surface area (Å²) in [5.41, 5.74) is 1.23. The zero-order valence-corrected chi connectivity index (χ0v) is 21.5. The third-order valence-corrected chi connectivity index (χ3v) is 9.33. The van der Waals surface area contributed by atoms with Crippen LogP contribution in [0.25, 0.3) is 0 Å². The van der Waals surface area contributed by atoms with Crippen LogP contribution >= 0.6 is 11.8 Å². The highest BCUT2D eigenvalue weighted by molar-refractivity contribution is 8.00. The lowest BCUT2D eigenvalue weighted by Crippen LogP contribution is -2.43. The minimum atomic E-state index is -0.206.